The highest BCUT2D eigenvalue weighted by Crippen LogP contribution is 2.33. The van der Waals surface area contributed by atoms with Crippen LogP contribution in [0.25, 0.3) is 5.69 Å². The normalized spacial score (nSPS) is 12.2. The highest BCUT2D eigenvalue weighted by Gasteiger charge is 2.34. The first-order valence-corrected chi connectivity index (χ1v) is 10.9. The number of nitrogens with one attached hydrogen (secondary N) is 2. The number of hydrogen-bond acceptors (Lipinski definition) is 5. The smallest absolute Gasteiger partial charge is 0.347 e. The molecule has 0 radical (unpaired) electrons. The van der Waals surface area contributed by atoms with Gasteiger partial charge >= 0.3 is 6.18 Å². The largest absolute Gasteiger partial charge is 0.418 e. The van der Waals surface area contributed by atoms with Crippen molar-refractivity contribution in [3.63, 3.8) is 0 Å². The fourth-order valence-electron chi connectivity index (χ4n) is 2.87. The number of hydrogen-bond donors (Lipinski definition) is 2. The number of halogens is 3. The van der Waals surface area contributed by atoms with E-state index in [0.717, 1.165) is 16.9 Å². The van der Waals surface area contributed by atoms with E-state index in [1.165, 1.54) is 30.3 Å². The molecular weight excluding hydrogens is 447 g/mol. The molecule has 0 aliphatic rings. The molecule has 0 spiro atoms. The van der Waals surface area contributed by atoms with Crippen LogP contribution in [0.1, 0.15) is 35.5 Å². The Bertz CT molecular complexity index is 1220. The van der Waals surface area contributed by atoms with Crippen molar-refractivity contribution in [2.75, 3.05) is 0 Å². The monoisotopic (exact) mass is 467 g/mol. The van der Waals surface area contributed by atoms with Gasteiger partial charge in [-0.3, -0.25) is 4.79 Å². The molecule has 0 aliphatic heterocycles. The second kappa shape index (κ2) is 9.09. The summed E-state index contributed by atoms with van der Waals surface area (Å²) in [5.41, 5.74) is -0.848. The molecule has 2 aromatic carbocycles. The van der Waals surface area contributed by atoms with Crippen LogP contribution in [0.2, 0.25) is 0 Å². The third-order valence-corrected chi connectivity index (χ3v) is 5.89. The van der Waals surface area contributed by atoms with Gasteiger partial charge in [0.1, 0.15) is 0 Å². The second-order valence-corrected chi connectivity index (χ2v) is 8.88. The molecule has 12 heteroatoms. The van der Waals surface area contributed by atoms with Gasteiger partial charge in [0.2, 0.25) is 10.0 Å². The van der Waals surface area contributed by atoms with Gasteiger partial charge in [0, 0.05) is 12.6 Å². The number of carbonyl (C=O) groups excluding carboxylic acids is 1. The summed E-state index contributed by atoms with van der Waals surface area (Å²) in [6.07, 6.45) is -3.51. The molecular formula is C20H20F3N5O3S. The van der Waals surface area contributed by atoms with Crippen LogP contribution in [0.4, 0.5) is 13.2 Å². The van der Waals surface area contributed by atoms with Crippen molar-refractivity contribution in [1.82, 2.24) is 25.0 Å². The molecule has 1 aromatic heterocycles. The van der Waals surface area contributed by atoms with Crippen molar-refractivity contribution in [1.29, 1.82) is 0 Å². The van der Waals surface area contributed by atoms with E-state index in [2.05, 4.69) is 20.4 Å². The van der Waals surface area contributed by atoms with E-state index >= 15 is 0 Å². The molecule has 2 N–H and O–H groups in total. The van der Waals surface area contributed by atoms with Crippen LogP contribution >= 0.6 is 0 Å². The molecule has 32 heavy (non-hydrogen) atoms. The number of alkyl halides is 3. The number of benzene rings is 2. The van der Waals surface area contributed by atoms with Gasteiger partial charge in [-0.05, 0) is 43.7 Å². The zero-order valence-corrected chi connectivity index (χ0v) is 17.9. The SMILES string of the molecule is CC(C)NS(=O)(=O)c1cccc(CNC(=O)c2cn(-c3ccccc3C(F)(F)F)nn2)c1. The van der Waals surface area contributed by atoms with Gasteiger partial charge in [-0.25, -0.2) is 17.8 Å². The first kappa shape index (κ1) is 23.4. The van der Waals surface area contributed by atoms with Crippen molar-refractivity contribution in [3.05, 3.63) is 71.5 Å². The minimum Gasteiger partial charge on any atom is -0.347 e. The molecule has 0 atom stereocenters. The van der Waals surface area contributed by atoms with Gasteiger partial charge in [0.15, 0.2) is 5.69 Å². The van der Waals surface area contributed by atoms with Crippen LogP contribution in [0.5, 0.6) is 0 Å². The number of sulfonamides is 1. The van der Waals surface area contributed by atoms with Crippen LogP contribution in [-0.4, -0.2) is 35.4 Å². The maximum absolute atomic E-state index is 13.2. The molecule has 8 nitrogen and oxygen atoms in total. The summed E-state index contributed by atoms with van der Waals surface area (Å²) >= 11 is 0. The molecule has 1 amide bonds. The lowest BCUT2D eigenvalue weighted by Gasteiger charge is -2.11. The number of nitrogens with zero attached hydrogens (tertiary/aromatic N) is 3. The molecule has 0 aliphatic carbocycles. The summed E-state index contributed by atoms with van der Waals surface area (Å²) in [6, 6.07) is 10.5. The van der Waals surface area contributed by atoms with Crippen molar-refractivity contribution < 1.29 is 26.4 Å². The highest BCUT2D eigenvalue weighted by atomic mass is 32.2. The summed E-state index contributed by atoms with van der Waals surface area (Å²) in [4.78, 5) is 12.4. The van der Waals surface area contributed by atoms with Gasteiger partial charge in [-0.2, -0.15) is 13.2 Å². The fourth-order valence-corrected chi connectivity index (χ4v) is 4.19. The molecule has 170 valence electrons. The van der Waals surface area contributed by atoms with Crippen molar-refractivity contribution in [2.45, 2.75) is 37.5 Å². The zero-order valence-electron chi connectivity index (χ0n) is 17.1. The van der Waals surface area contributed by atoms with E-state index in [4.69, 9.17) is 0 Å². The van der Waals surface area contributed by atoms with E-state index < -0.39 is 27.7 Å². The Morgan fingerprint density at radius 1 is 1.12 bits per heavy atom. The molecule has 0 saturated heterocycles. The number of carbonyl (C=O) groups is 1. The second-order valence-electron chi connectivity index (χ2n) is 7.17. The molecule has 1 heterocycles. The summed E-state index contributed by atoms with van der Waals surface area (Å²) in [7, 11) is -3.70. The predicted molar refractivity (Wildman–Crippen MR) is 109 cm³/mol. The summed E-state index contributed by atoms with van der Waals surface area (Å²) in [5.74, 6) is -0.672. The van der Waals surface area contributed by atoms with Crippen LogP contribution in [0.15, 0.2) is 59.6 Å². The predicted octanol–water partition coefficient (Wildman–Crippen LogP) is 2.90. The van der Waals surface area contributed by atoms with Crippen molar-refractivity contribution in [2.24, 2.45) is 0 Å². The van der Waals surface area contributed by atoms with E-state index in [0.29, 0.717) is 5.56 Å². The van der Waals surface area contributed by atoms with Crippen molar-refractivity contribution >= 4 is 15.9 Å². The average Bonchev–Trinajstić information content (AvgIpc) is 3.21. The molecule has 3 aromatic rings. The first-order chi connectivity index (χ1) is 15.0. The number of para-hydroxylation sites is 1. The van der Waals surface area contributed by atoms with Gasteiger partial charge in [0.25, 0.3) is 5.91 Å². The van der Waals surface area contributed by atoms with E-state index in [1.807, 2.05) is 0 Å². The zero-order chi connectivity index (χ0) is 23.5. The number of amides is 1. The lowest BCUT2D eigenvalue weighted by molar-refractivity contribution is -0.137. The standard InChI is InChI=1S/C20H20F3N5O3S/c1-13(2)26-32(30,31)15-7-5-6-14(10-15)11-24-19(29)17-12-28(27-25-17)18-9-4-3-8-16(18)20(21,22)23/h3-10,12-13,26H,11H2,1-2H3,(H,24,29). The lowest BCUT2D eigenvalue weighted by atomic mass is 10.1. The van der Waals surface area contributed by atoms with E-state index in [9.17, 15) is 26.4 Å². The molecule has 3 rings (SSSR count). The van der Waals surface area contributed by atoms with E-state index in [1.54, 1.807) is 26.0 Å². The Balaban J connectivity index is 1.73. The molecule has 0 fully saturated rings. The van der Waals surface area contributed by atoms with Gasteiger partial charge in [-0.1, -0.05) is 29.5 Å². The molecule has 0 saturated carbocycles. The summed E-state index contributed by atoms with van der Waals surface area (Å²) in [6.45, 7) is 3.37. The summed E-state index contributed by atoms with van der Waals surface area (Å²) in [5, 5.41) is 9.83. The van der Waals surface area contributed by atoms with E-state index in [-0.39, 0.29) is 28.9 Å². The van der Waals surface area contributed by atoms with Gasteiger partial charge in [0.05, 0.1) is 22.3 Å². The fraction of sp³-hybridized carbons (Fsp3) is 0.250. The quantitative estimate of drug-likeness (QED) is 0.556. The minimum absolute atomic E-state index is 0.0180. The Morgan fingerprint density at radius 3 is 2.53 bits per heavy atom. The van der Waals surface area contributed by atoms with Crippen LogP contribution in [-0.2, 0) is 22.7 Å². The Labute approximate surface area is 182 Å². The van der Waals surface area contributed by atoms with Crippen molar-refractivity contribution in [3.8, 4) is 5.69 Å². The third kappa shape index (κ3) is 5.51. The maximum Gasteiger partial charge on any atom is 0.418 e. The molecule has 0 unspecified atom stereocenters. The van der Waals surface area contributed by atoms with Gasteiger partial charge < -0.3 is 5.32 Å². The number of aromatic nitrogens is 3. The maximum atomic E-state index is 13.2. The topological polar surface area (TPSA) is 106 Å². The van der Waals surface area contributed by atoms with Crippen LogP contribution < -0.4 is 10.0 Å². The van der Waals surface area contributed by atoms with Crippen LogP contribution in [0.3, 0.4) is 0 Å². The van der Waals surface area contributed by atoms with Gasteiger partial charge in [-0.15, -0.1) is 5.10 Å². The minimum atomic E-state index is -4.60. The highest BCUT2D eigenvalue weighted by molar-refractivity contribution is 7.89. The lowest BCUT2D eigenvalue weighted by Crippen LogP contribution is -2.30. The third-order valence-electron chi connectivity index (χ3n) is 4.23. The Hall–Kier alpha value is -3.25. The average molecular weight is 467 g/mol. The summed E-state index contributed by atoms with van der Waals surface area (Å²) < 4.78 is 67.5. The Morgan fingerprint density at radius 2 is 1.84 bits per heavy atom. The van der Waals surface area contributed by atoms with Crippen LogP contribution in [0, 0.1) is 0 Å². The number of rotatable bonds is 7. The Kier molecular flexibility index (Phi) is 6.65. The first-order valence-electron chi connectivity index (χ1n) is 9.46. The molecule has 0 bridgehead atoms.